The molecule has 15 heavy (non-hydrogen) atoms. The molecule has 0 atom stereocenters. The van der Waals surface area contributed by atoms with Crippen LogP contribution in [0, 0.1) is 17.1 Å². The van der Waals surface area contributed by atoms with E-state index in [9.17, 15) is 4.39 Å². The van der Waals surface area contributed by atoms with Crippen molar-refractivity contribution in [3.05, 3.63) is 29.6 Å². The summed E-state index contributed by atoms with van der Waals surface area (Å²) in [5.74, 6) is -0.0499. The highest BCUT2D eigenvalue weighted by molar-refractivity contribution is 5.29. The maximum absolute atomic E-state index is 13.2. The number of halogens is 1. The molecule has 1 aromatic rings. The van der Waals surface area contributed by atoms with Crippen molar-refractivity contribution in [1.82, 2.24) is 0 Å². The number of nitriles is 1. The van der Waals surface area contributed by atoms with Crippen molar-refractivity contribution in [2.75, 3.05) is 7.11 Å². The standard InChI is InChI=1S/C12H14FNO/c1-15-12-7-6-10(9-11(12)13)5-3-2-4-8-14/h6-7,9H,2-5H2,1H3. The maximum atomic E-state index is 13.2. The van der Waals surface area contributed by atoms with E-state index < -0.39 is 0 Å². The highest BCUT2D eigenvalue weighted by Gasteiger charge is 2.02. The van der Waals surface area contributed by atoms with E-state index in [1.54, 1.807) is 6.07 Å². The van der Waals surface area contributed by atoms with E-state index in [-0.39, 0.29) is 11.6 Å². The summed E-state index contributed by atoms with van der Waals surface area (Å²) in [4.78, 5) is 0. The van der Waals surface area contributed by atoms with E-state index in [4.69, 9.17) is 10.00 Å². The summed E-state index contributed by atoms with van der Waals surface area (Å²) in [5.41, 5.74) is 0.950. The molecule has 3 heteroatoms. The van der Waals surface area contributed by atoms with Crippen molar-refractivity contribution < 1.29 is 9.13 Å². The van der Waals surface area contributed by atoms with Gasteiger partial charge < -0.3 is 4.74 Å². The van der Waals surface area contributed by atoms with Crippen molar-refractivity contribution in [2.45, 2.75) is 25.7 Å². The van der Waals surface area contributed by atoms with Crippen LogP contribution in [0.5, 0.6) is 5.75 Å². The van der Waals surface area contributed by atoms with Gasteiger partial charge in [0.1, 0.15) is 0 Å². The molecule has 0 heterocycles. The third-order valence-corrected chi connectivity index (χ3v) is 2.22. The number of methoxy groups -OCH3 is 1. The topological polar surface area (TPSA) is 33.0 Å². The van der Waals surface area contributed by atoms with Gasteiger partial charge in [0, 0.05) is 6.42 Å². The smallest absolute Gasteiger partial charge is 0.165 e. The van der Waals surface area contributed by atoms with Crippen LogP contribution in [0.1, 0.15) is 24.8 Å². The number of unbranched alkanes of at least 4 members (excludes halogenated alkanes) is 2. The lowest BCUT2D eigenvalue weighted by atomic mass is 10.1. The van der Waals surface area contributed by atoms with Gasteiger partial charge in [-0.05, 0) is 37.0 Å². The molecule has 0 radical (unpaired) electrons. The first-order valence-electron chi connectivity index (χ1n) is 4.97. The summed E-state index contributed by atoms with van der Waals surface area (Å²) < 4.78 is 18.1. The van der Waals surface area contributed by atoms with Gasteiger partial charge in [0.05, 0.1) is 13.2 Å². The lowest BCUT2D eigenvalue weighted by molar-refractivity contribution is 0.386. The quantitative estimate of drug-likeness (QED) is 0.695. The Morgan fingerprint density at radius 2 is 2.20 bits per heavy atom. The van der Waals surface area contributed by atoms with Crippen LogP contribution in [-0.4, -0.2) is 7.11 Å². The number of benzene rings is 1. The molecule has 0 saturated heterocycles. The minimum atomic E-state index is -0.324. The van der Waals surface area contributed by atoms with Crippen molar-refractivity contribution in [2.24, 2.45) is 0 Å². The number of rotatable bonds is 5. The molecular formula is C12H14FNO. The normalized spacial score (nSPS) is 9.67. The Morgan fingerprint density at radius 3 is 2.80 bits per heavy atom. The Bertz CT molecular complexity index is 357. The fourth-order valence-electron chi connectivity index (χ4n) is 1.40. The second kappa shape index (κ2) is 6.02. The van der Waals surface area contributed by atoms with Crippen molar-refractivity contribution in [1.29, 1.82) is 5.26 Å². The summed E-state index contributed by atoms with van der Waals surface area (Å²) in [7, 11) is 1.45. The lowest BCUT2D eigenvalue weighted by Crippen LogP contribution is -1.91. The molecule has 0 unspecified atom stereocenters. The fraction of sp³-hybridized carbons (Fsp3) is 0.417. The number of nitrogens with zero attached hydrogens (tertiary/aromatic N) is 1. The van der Waals surface area contributed by atoms with Crippen LogP contribution in [0.2, 0.25) is 0 Å². The van der Waals surface area contributed by atoms with Crippen LogP contribution in [0.3, 0.4) is 0 Å². The van der Waals surface area contributed by atoms with Crippen molar-refractivity contribution in [3.63, 3.8) is 0 Å². The summed E-state index contributed by atoms with van der Waals surface area (Å²) in [6.45, 7) is 0. The molecule has 0 fully saturated rings. The molecule has 0 amide bonds. The Labute approximate surface area is 89.3 Å². The zero-order chi connectivity index (χ0) is 11.1. The predicted octanol–water partition coefficient (Wildman–Crippen LogP) is 3.07. The Balaban J connectivity index is 2.49. The van der Waals surface area contributed by atoms with Crippen LogP contribution in [0.4, 0.5) is 4.39 Å². The van der Waals surface area contributed by atoms with E-state index in [2.05, 4.69) is 6.07 Å². The van der Waals surface area contributed by atoms with Gasteiger partial charge in [0.25, 0.3) is 0 Å². The molecule has 0 aliphatic carbocycles. The second-order valence-corrected chi connectivity index (χ2v) is 3.33. The van der Waals surface area contributed by atoms with Crippen molar-refractivity contribution >= 4 is 0 Å². The monoisotopic (exact) mass is 207 g/mol. The zero-order valence-electron chi connectivity index (χ0n) is 8.79. The summed E-state index contributed by atoms with van der Waals surface area (Å²) in [6.07, 6.45) is 3.16. The van der Waals surface area contributed by atoms with Gasteiger partial charge in [-0.15, -0.1) is 0 Å². The minimum absolute atomic E-state index is 0.274. The Hall–Kier alpha value is -1.56. The number of hydrogen-bond donors (Lipinski definition) is 0. The van der Waals surface area contributed by atoms with E-state index >= 15 is 0 Å². The van der Waals surface area contributed by atoms with Gasteiger partial charge in [-0.25, -0.2) is 4.39 Å². The van der Waals surface area contributed by atoms with Gasteiger partial charge in [-0.3, -0.25) is 0 Å². The molecule has 0 aliphatic rings. The number of hydrogen-bond acceptors (Lipinski definition) is 2. The molecular weight excluding hydrogens is 193 g/mol. The first-order chi connectivity index (χ1) is 7.27. The Morgan fingerprint density at radius 1 is 1.40 bits per heavy atom. The molecule has 0 saturated carbocycles. The van der Waals surface area contributed by atoms with Gasteiger partial charge >= 0.3 is 0 Å². The molecule has 80 valence electrons. The van der Waals surface area contributed by atoms with Crippen LogP contribution in [0.15, 0.2) is 18.2 Å². The molecule has 1 aromatic carbocycles. The SMILES string of the molecule is COc1ccc(CCCCC#N)cc1F. The molecule has 0 N–H and O–H groups in total. The molecule has 2 nitrogen and oxygen atoms in total. The average molecular weight is 207 g/mol. The Kier molecular flexibility index (Phi) is 4.62. The highest BCUT2D eigenvalue weighted by Crippen LogP contribution is 2.18. The van der Waals surface area contributed by atoms with Gasteiger partial charge in [0.15, 0.2) is 11.6 Å². The lowest BCUT2D eigenvalue weighted by Gasteiger charge is -2.04. The molecule has 0 aliphatic heterocycles. The van der Waals surface area contributed by atoms with E-state index in [0.29, 0.717) is 6.42 Å². The summed E-state index contributed by atoms with van der Waals surface area (Å²) in [6, 6.07) is 7.07. The highest BCUT2D eigenvalue weighted by atomic mass is 19.1. The van der Waals surface area contributed by atoms with Gasteiger partial charge in [-0.1, -0.05) is 6.07 Å². The van der Waals surface area contributed by atoms with Crippen LogP contribution < -0.4 is 4.74 Å². The first-order valence-corrected chi connectivity index (χ1v) is 4.97. The van der Waals surface area contributed by atoms with Gasteiger partial charge in [-0.2, -0.15) is 5.26 Å². The van der Waals surface area contributed by atoms with Crippen LogP contribution in [0.25, 0.3) is 0 Å². The molecule has 0 aromatic heterocycles. The van der Waals surface area contributed by atoms with E-state index in [1.165, 1.54) is 13.2 Å². The second-order valence-electron chi connectivity index (χ2n) is 3.33. The molecule has 0 bridgehead atoms. The number of aryl methyl sites for hydroxylation is 1. The van der Waals surface area contributed by atoms with Gasteiger partial charge in [0.2, 0.25) is 0 Å². The van der Waals surface area contributed by atoms with Crippen LogP contribution >= 0.6 is 0 Å². The zero-order valence-corrected chi connectivity index (χ0v) is 8.79. The third kappa shape index (κ3) is 3.59. The minimum Gasteiger partial charge on any atom is -0.494 e. The number of ether oxygens (including phenoxy) is 1. The summed E-state index contributed by atoms with van der Waals surface area (Å²) in [5, 5.41) is 8.35. The third-order valence-electron chi connectivity index (χ3n) is 2.22. The largest absolute Gasteiger partial charge is 0.494 e. The maximum Gasteiger partial charge on any atom is 0.165 e. The first kappa shape index (κ1) is 11.5. The molecule has 1 rings (SSSR count). The fourth-order valence-corrected chi connectivity index (χ4v) is 1.40. The van der Waals surface area contributed by atoms with Crippen molar-refractivity contribution in [3.8, 4) is 11.8 Å². The molecule has 0 spiro atoms. The van der Waals surface area contributed by atoms with Crippen LogP contribution in [-0.2, 0) is 6.42 Å². The van der Waals surface area contributed by atoms with E-state index in [1.807, 2.05) is 6.07 Å². The van der Waals surface area contributed by atoms with E-state index in [0.717, 1.165) is 24.8 Å². The summed E-state index contributed by atoms with van der Waals surface area (Å²) >= 11 is 0. The average Bonchev–Trinajstić information content (AvgIpc) is 2.25. The predicted molar refractivity (Wildman–Crippen MR) is 56.1 cm³/mol.